The highest BCUT2D eigenvalue weighted by Crippen LogP contribution is 2.24. The summed E-state index contributed by atoms with van der Waals surface area (Å²) in [7, 11) is 2.22. The molecule has 90 valence electrons. The van der Waals surface area contributed by atoms with Gasteiger partial charge in [-0.3, -0.25) is 0 Å². The minimum absolute atomic E-state index is 0.503. The van der Waals surface area contributed by atoms with Crippen molar-refractivity contribution in [3.05, 3.63) is 42.0 Å². The molecule has 0 aliphatic heterocycles. The van der Waals surface area contributed by atoms with Gasteiger partial charge >= 0.3 is 0 Å². The van der Waals surface area contributed by atoms with Crippen LogP contribution in [0.15, 0.2) is 36.4 Å². The van der Waals surface area contributed by atoms with Crippen LogP contribution in [0.5, 0.6) is 5.75 Å². The topological polar surface area (TPSA) is 9.23 Å². The molecular formula is C15H19OS+. The molecular weight excluding hydrogens is 228 g/mol. The van der Waals surface area contributed by atoms with Gasteiger partial charge in [0, 0.05) is 6.42 Å². The van der Waals surface area contributed by atoms with Gasteiger partial charge in [0.15, 0.2) is 0 Å². The smallest absolute Gasteiger partial charge is 0.119 e. The van der Waals surface area contributed by atoms with Crippen molar-refractivity contribution in [3.8, 4) is 5.75 Å². The molecule has 0 unspecified atom stereocenters. The Balaban J connectivity index is 2.39. The molecule has 1 nitrogen and oxygen atoms in total. The van der Waals surface area contributed by atoms with Gasteiger partial charge in [-0.15, -0.1) is 0 Å². The standard InChI is InChI=1S/C15H19OS/c1-16-14-8-7-12-5-4-6-13(15(12)11-14)9-10-17(2)3/h4-8,11H,9-10H2,1-3H3/q+1. The van der Waals surface area contributed by atoms with Crippen molar-refractivity contribution in [1.29, 1.82) is 0 Å². The van der Waals surface area contributed by atoms with E-state index in [0.717, 1.165) is 12.2 Å². The van der Waals surface area contributed by atoms with Crippen molar-refractivity contribution in [2.75, 3.05) is 25.4 Å². The van der Waals surface area contributed by atoms with Crippen molar-refractivity contribution in [1.82, 2.24) is 0 Å². The van der Waals surface area contributed by atoms with Crippen LogP contribution < -0.4 is 4.74 Å². The van der Waals surface area contributed by atoms with Crippen LogP contribution in [0.25, 0.3) is 10.8 Å². The van der Waals surface area contributed by atoms with Gasteiger partial charge < -0.3 is 4.74 Å². The van der Waals surface area contributed by atoms with Crippen molar-refractivity contribution >= 4 is 21.7 Å². The minimum Gasteiger partial charge on any atom is -0.497 e. The van der Waals surface area contributed by atoms with Crippen molar-refractivity contribution in [3.63, 3.8) is 0 Å². The average Bonchev–Trinajstić information content (AvgIpc) is 2.35. The lowest BCUT2D eigenvalue weighted by atomic mass is 10.0. The van der Waals surface area contributed by atoms with E-state index in [1.54, 1.807) is 7.11 Å². The Morgan fingerprint density at radius 1 is 1.12 bits per heavy atom. The SMILES string of the molecule is COc1ccc2cccc(CC[S+](C)C)c2c1. The van der Waals surface area contributed by atoms with Gasteiger partial charge in [0.2, 0.25) is 0 Å². The second-order valence-corrected chi connectivity index (χ2v) is 6.82. The predicted molar refractivity (Wildman–Crippen MR) is 78.3 cm³/mol. The first-order valence-electron chi connectivity index (χ1n) is 5.80. The summed E-state index contributed by atoms with van der Waals surface area (Å²) in [5.74, 6) is 2.20. The zero-order valence-corrected chi connectivity index (χ0v) is 11.5. The molecule has 17 heavy (non-hydrogen) atoms. The summed E-state index contributed by atoms with van der Waals surface area (Å²) < 4.78 is 5.30. The molecule has 0 amide bonds. The van der Waals surface area contributed by atoms with E-state index >= 15 is 0 Å². The fourth-order valence-corrected chi connectivity index (χ4v) is 2.60. The number of benzene rings is 2. The summed E-state index contributed by atoms with van der Waals surface area (Å²) in [4.78, 5) is 0. The Morgan fingerprint density at radius 3 is 2.65 bits per heavy atom. The molecule has 0 N–H and O–H groups in total. The maximum atomic E-state index is 5.30. The van der Waals surface area contributed by atoms with Gasteiger partial charge in [-0.1, -0.05) is 24.3 Å². The van der Waals surface area contributed by atoms with Crippen LogP contribution in [0.4, 0.5) is 0 Å². The third-order valence-electron chi connectivity index (χ3n) is 2.96. The van der Waals surface area contributed by atoms with Crippen LogP contribution in [0.1, 0.15) is 5.56 Å². The molecule has 0 fully saturated rings. The van der Waals surface area contributed by atoms with E-state index in [-0.39, 0.29) is 0 Å². The van der Waals surface area contributed by atoms with Crippen LogP contribution in [0.3, 0.4) is 0 Å². The Kier molecular flexibility index (Phi) is 3.95. The number of aryl methyl sites for hydroxylation is 1. The van der Waals surface area contributed by atoms with Crippen LogP contribution in [-0.2, 0) is 17.3 Å². The lowest BCUT2D eigenvalue weighted by Crippen LogP contribution is -2.05. The number of hydrogen-bond acceptors (Lipinski definition) is 1. The fraction of sp³-hybridized carbons (Fsp3) is 0.333. The highest BCUT2D eigenvalue weighted by molar-refractivity contribution is 7.95. The first-order valence-corrected chi connectivity index (χ1v) is 8.01. The minimum atomic E-state index is 0.503. The van der Waals surface area contributed by atoms with E-state index in [2.05, 4.69) is 42.8 Å². The van der Waals surface area contributed by atoms with Gasteiger partial charge in [-0.05, 0) is 39.4 Å². The maximum Gasteiger partial charge on any atom is 0.119 e. The van der Waals surface area contributed by atoms with E-state index in [9.17, 15) is 0 Å². The third kappa shape index (κ3) is 2.95. The highest BCUT2D eigenvalue weighted by atomic mass is 32.2. The summed E-state index contributed by atoms with van der Waals surface area (Å²) in [6, 6.07) is 12.8. The zero-order valence-electron chi connectivity index (χ0n) is 10.7. The second-order valence-electron chi connectivity index (χ2n) is 4.44. The Hall–Kier alpha value is -1.15. The predicted octanol–water partition coefficient (Wildman–Crippen LogP) is 3.27. The highest BCUT2D eigenvalue weighted by Gasteiger charge is 2.07. The van der Waals surface area contributed by atoms with E-state index in [4.69, 9.17) is 4.74 Å². The molecule has 0 atom stereocenters. The molecule has 0 saturated carbocycles. The van der Waals surface area contributed by atoms with Crippen molar-refractivity contribution in [2.45, 2.75) is 6.42 Å². The van der Waals surface area contributed by atoms with Gasteiger partial charge in [-0.2, -0.15) is 0 Å². The molecule has 2 aromatic carbocycles. The first kappa shape index (κ1) is 12.3. The summed E-state index contributed by atoms with van der Waals surface area (Å²) in [6.07, 6.45) is 5.75. The van der Waals surface area contributed by atoms with Gasteiger partial charge in [0.1, 0.15) is 11.5 Å². The Bertz CT molecular complexity index is 505. The number of hydrogen-bond donors (Lipinski definition) is 0. The lowest BCUT2D eigenvalue weighted by molar-refractivity contribution is 0.415. The summed E-state index contributed by atoms with van der Waals surface area (Å²) >= 11 is 0. The maximum absolute atomic E-state index is 5.30. The Labute approximate surface area is 106 Å². The van der Waals surface area contributed by atoms with E-state index in [1.807, 2.05) is 6.07 Å². The molecule has 0 aromatic heterocycles. The molecule has 0 saturated heterocycles. The molecule has 0 spiro atoms. The number of rotatable bonds is 4. The molecule has 0 aliphatic carbocycles. The first-order chi connectivity index (χ1) is 8.20. The van der Waals surface area contributed by atoms with Gasteiger partial charge in [0.05, 0.1) is 19.6 Å². The quantitative estimate of drug-likeness (QED) is 0.754. The van der Waals surface area contributed by atoms with Crippen molar-refractivity contribution < 1.29 is 4.74 Å². The van der Waals surface area contributed by atoms with Crippen LogP contribution in [0.2, 0.25) is 0 Å². The third-order valence-corrected chi connectivity index (χ3v) is 3.98. The number of ether oxygens (including phenoxy) is 1. The fourth-order valence-electron chi connectivity index (χ4n) is 1.98. The number of fused-ring (bicyclic) bond motifs is 1. The molecule has 0 aliphatic rings. The largest absolute Gasteiger partial charge is 0.497 e. The summed E-state index contributed by atoms with van der Waals surface area (Å²) in [5.41, 5.74) is 1.43. The van der Waals surface area contributed by atoms with Crippen molar-refractivity contribution in [2.24, 2.45) is 0 Å². The second kappa shape index (κ2) is 5.46. The molecule has 2 aromatic rings. The monoisotopic (exact) mass is 247 g/mol. The van der Waals surface area contributed by atoms with E-state index in [1.165, 1.54) is 22.1 Å². The molecule has 0 radical (unpaired) electrons. The van der Waals surface area contributed by atoms with E-state index < -0.39 is 0 Å². The summed E-state index contributed by atoms with van der Waals surface area (Å²) in [6.45, 7) is 0. The van der Waals surface area contributed by atoms with E-state index in [0.29, 0.717) is 10.9 Å². The Morgan fingerprint density at radius 2 is 1.94 bits per heavy atom. The lowest BCUT2D eigenvalue weighted by Gasteiger charge is -2.07. The molecule has 2 rings (SSSR count). The average molecular weight is 247 g/mol. The van der Waals surface area contributed by atoms with Crippen LogP contribution >= 0.6 is 0 Å². The van der Waals surface area contributed by atoms with Gasteiger partial charge in [-0.25, -0.2) is 0 Å². The molecule has 2 heteroatoms. The van der Waals surface area contributed by atoms with Crippen LogP contribution in [-0.4, -0.2) is 25.4 Å². The zero-order chi connectivity index (χ0) is 12.3. The molecule has 0 bridgehead atoms. The van der Waals surface area contributed by atoms with Crippen LogP contribution in [0, 0.1) is 0 Å². The van der Waals surface area contributed by atoms with Gasteiger partial charge in [0.25, 0.3) is 0 Å². The molecule has 0 heterocycles. The summed E-state index contributed by atoms with van der Waals surface area (Å²) in [5, 5.41) is 2.63. The normalized spacial score (nSPS) is 11.1. The number of methoxy groups -OCH3 is 1.